The van der Waals surface area contributed by atoms with Crippen LogP contribution in [0.15, 0.2) is 48.5 Å². The van der Waals surface area contributed by atoms with Gasteiger partial charge in [0.05, 0.1) is 25.7 Å². The lowest BCUT2D eigenvalue weighted by atomic mass is 10.0. The zero-order valence-electron chi connectivity index (χ0n) is 14.1. The number of aliphatic hydroxyl groups excluding tert-OH is 1. The van der Waals surface area contributed by atoms with Crippen molar-refractivity contribution in [1.82, 2.24) is 4.90 Å². The van der Waals surface area contributed by atoms with Gasteiger partial charge in [0.1, 0.15) is 11.6 Å². The Bertz CT molecular complexity index is 705. The fraction of sp³-hybridized carbons (Fsp3) is 0.316. The van der Waals surface area contributed by atoms with E-state index in [0.717, 1.165) is 5.56 Å². The monoisotopic (exact) mass is 331 g/mol. The number of amides is 1. The van der Waals surface area contributed by atoms with Crippen molar-refractivity contribution in [2.45, 2.75) is 25.5 Å². The van der Waals surface area contributed by atoms with Gasteiger partial charge in [-0.05, 0) is 30.7 Å². The molecule has 2 atom stereocenters. The molecule has 1 amide bonds. The lowest BCUT2D eigenvalue weighted by molar-refractivity contribution is -0.134. The van der Waals surface area contributed by atoms with Crippen molar-refractivity contribution in [3.8, 4) is 5.75 Å². The van der Waals surface area contributed by atoms with Gasteiger partial charge in [0.2, 0.25) is 5.91 Å². The summed E-state index contributed by atoms with van der Waals surface area (Å²) in [6, 6.07) is 12.9. The third-order valence-corrected chi connectivity index (χ3v) is 4.16. The van der Waals surface area contributed by atoms with Crippen LogP contribution in [0.1, 0.15) is 36.6 Å². The van der Waals surface area contributed by atoms with Crippen LogP contribution in [-0.4, -0.2) is 30.1 Å². The molecular weight excluding hydrogens is 309 g/mol. The highest BCUT2D eigenvalue weighted by atomic mass is 19.1. The Morgan fingerprint density at radius 3 is 2.62 bits per heavy atom. The minimum absolute atomic E-state index is 0.112. The van der Waals surface area contributed by atoms with Crippen molar-refractivity contribution < 1.29 is 19.0 Å². The van der Waals surface area contributed by atoms with E-state index in [-0.39, 0.29) is 18.4 Å². The van der Waals surface area contributed by atoms with E-state index in [1.807, 2.05) is 31.2 Å². The van der Waals surface area contributed by atoms with Crippen LogP contribution in [0, 0.1) is 5.82 Å². The fourth-order valence-electron chi connectivity index (χ4n) is 2.58. The van der Waals surface area contributed by atoms with Gasteiger partial charge in [-0.2, -0.15) is 0 Å². The van der Waals surface area contributed by atoms with E-state index in [1.165, 1.54) is 18.2 Å². The average Bonchev–Trinajstić information content (AvgIpc) is 2.60. The number of aliphatic hydroxyl groups is 1. The van der Waals surface area contributed by atoms with E-state index in [9.17, 15) is 14.3 Å². The van der Waals surface area contributed by atoms with Crippen molar-refractivity contribution in [1.29, 1.82) is 0 Å². The Hall–Kier alpha value is -2.40. The summed E-state index contributed by atoms with van der Waals surface area (Å²) in [5.41, 5.74) is 1.28. The Balaban J connectivity index is 2.08. The molecule has 5 heteroatoms. The predicted molar refractivity (Wildman–Crippen MR) is 90.2 cm³/mol. The third-order valence-electron chi connectivity index (χ3n) is 4.16. The average molecular weight is 331 g/mol. The lowest BCUT2D eigenvalue weighted by Crippen LogP contribution is -2.31. The van der Waals surface area contributed by atoms with Gasteiger partial charge in [0.15, 0.2) is 0 Å². The Labute approximate surface area is 141 Å². The molecular formula is C19H22FNO3. The van der Waals surface area contributed by atoms with Crippen LogP contribution in [0.2, 0.25) is 0 Å². The maximum Gasteiger partial charge on any atom is 0.225 e. The van der Waals surface area contributed by atoms with Crippen molar-refractivity contribution in [3.05, 3.63) is 65.5 Å². The van der Waals surface area contributed by atoms with Gasteiger partial charge in [0, 0.05) is 12.6 Å². The maximum atomic E-state index is 13.2. The van der Waals surface area contributed by atoms with Crippen LogP contribution in [0.5, 0.6) is 5.75 Å². The highest BCUT2D eigenvalue weighted by Gasteiger charge is 2.23. The van der Waals surface area contributed by atoms with Crippen LogP contribution in [0.25, 0.3) is 0 Å². The van der Waals surface area contributed by atoms with Crippen molar-refractivity contribution in [2.24, 2.45) is 0 Å². The zero-order chi connectivity index (χ0) is 17.7. The number of nitrogens with zero attached hydrogens (tertiary/aromatic N) is 1. The number of benzene rings is 2. The molecule has 0 saturated heterocycles. The van der Waals surface area contributed by atoms with Gasteiger partial charge in [-0.1, -0.05) is 30.3 Å². The quantitative estimate of drug-likeness (QED) is 0.882. The molecule has 0 saturated carbocycles. The van der Waals surface area contributed by atoms with E-state index in [0.29, 0.717) is 11.3 Å². The van der Waals surface area contributed by atoms with E-state index in [1.54, 1.807) is 25.1 Å². The summed E-state index contributed by atoms with van der Waals surface area (Å²) in [5, 5.41) is 10.2. The number of hydrogen-bond donors (Lipinski definition) is 1. The largest absolute Gasteiger partial charge is 0.496 e. The van der Waals surface area contributed by atoms with Crippen LogP contribution < -0.4 is 4.74 Å². The SMILES string of the molecule is COc1ccccc1[C@H](C)N(C)C(=O)C[C@H](O)c1cccc(F)c1. The van der Waals surface area contributed by atoms with Crippen LogP contribution in [0.3, 0.4) is 0 Å². The van der Waals surface area contributed by atoms with Gasteiger partial charge in [0.25, 0.3) is 0 Å². The maximum absolute atomic E-state index is 13.2. The molecule has 4 nitrogen and oxygen atoms in total. The van der Waals surface area contributed by atoms with E-state index in [4.69, 9.17) is 4.74 Å². The van der Waals surface area contributed by atoms with Gasteiger partial charge in [-0.25, -0.2) is 4.39 Å². The molecule has 0 aliphatic rings. The van der Waals surface area contributed by atoms with Gasteiger partial charge in [-0.3, -0.25) is 4.79 Å². The summed E-state index contributed by atoms with van der Waals surface area (Å²) in [5.74, 6) is 0.0373. The van der Waals surface area contributed by atoms with E-state index < -0.39 is 11.9 Å². The molecule has 1 N–H and O–H groups in total. The second kappa shape index (κ2) is 7.93. The molecule has 0 fully saturated rings. The summed E-state index contributed by atoms with van der Waals surface area (Å²) in [4.78, 5) is 14.0. The topological polar surface area (TPSA) is 49.8 Å². The lowest BCUT2D eigenvalue weighted by Gasteiger charge is -2.27. The fourth-order valence-corrected chi connectivity index (χ4v) is 2.58. The normalized spacial score (nSPS) is 13.2. The predicted octanol–water partition coefficient (Wildman–Crippen LogP) is 3.48. The molecule has 0 aromatic heterocycles. The second-order valence-electron chi connectivity index (χ2n) is 5.70. The highest BCUT2D eigenvalue weighted by molar-refractivity contribution is 5.77. The van der Waals surface area contributed by atoms with Crippen LogP contribution >= 0.6 is 0 Å². The molecule has 24 heavy (non-hydrogen) atoms. The number of para-hydroxylation sites is 1. The molecule has 2 aromatic carbocycles. The Morgan fingerprint density at radius 1 is 1.25 bits per heavy atom. The number of rotatable bonds is 6. The van der Waals surface area contributed by atoms with Crippen LogP contribution in [-0.2, 0) is 4.79 Å². The Kier molecular flexibility index (Phi) is 5.93. The first-order valence-electron chi connectivity index (χ1n) is 7.76. The van der Waals surface area contributed by atoms with E-state index >= 15 is 0 Å². The van der Waals surface area contributed by atoms with Crippen LogP contribution in [0.4, 0.5) is 4.39 Å². The minimum Gasteiger partial charge on any atom is -0.496 e. The Morgan fingerprint density at radius 2 is 1.96 bits per heavy atom. The molecule has 0 spiro atoms. The van der Waals surface area contributed by atoms with E-state index in [2.05, 4.69) is 0 Å². The first-order chi connectivity index (χ1) is 11.4. The summed E-state index contributed by atoms with van der Waals surface area (Å²) < 4.78 is 18.6. The molecule has 128 valence electrons. The summed E-state index contributed by atoms with van der Waals surface area (Å²) in [7, 11) is 3.26. The molecule has 2 aromatic rings. The third kappa shape index (κ3) is 4.11. The molecule has 0 radical (unpaired) electrons. The molecule has 0 aliphatic carbocycles. The number of carbonyl (C=O) groups is 1. The number of hydrogen-bond acceptors (Lipinski definition) is 3. The standard InChI is InChI=1S/C19H22FNO3/c1-13(16-9-4-5-10-18(16)24-3)21(2)19(23)12-17(22)14-7-6-8-15(20)11-14/h4-11,13,17,22H,12H2,1-3H3/t13-,17-/m0/s1. The molecule has 0 heterocycles. The molecule has 0 aliphatic heterocycles. The number of carbonyl (C=O) groups excluding carboxylic acids is 1. The van der Waals surface area contributed by atoms with Gasteiger partial charge in [-0.15, -0.1) is 0 Å². The van der Waals surface area contributed by atoms with Crippen molar-refractivity contribution in [3.63, 3.8) is 0 Å². The van der Waals surface area contributed by atoms with Gasteiger partial charge < -0.3 is 14.7 Å². The second-order valence-corrected chi connectivity index (χ2v) is 5.70. The number of ether oxygens (including phenoxy) is 1. The number of halogens is 1. The van der Waals surface area contributed by atoms with Crippen molar-refractivity contribution >= 4 is 5.91 Å². The first-order valence-corrected chi connectivity index (χ1v) is 7.76. The summed E-state index contributed by atoms with van der Waals surface area (Å²) in [6.07, 6.45) is -1.15. The zero-order valence-corrected chi connectivity index (χ0v) is 14.1. The first kappa shape index (κ1) is 17.9. The summed E-state index contributed by atoms with van der Waals surface area (Å²) in [6.45, 7) is 1.89. The summed E-state index contributed by atoms with van der Waals surface area (Å²) >= 11 is 0. The molecule has 2 rings (SSSR count). The van der Waals surface area contributed by atoms with Crippen molar-refractivity contribution in [2.75, 3.05) is 14.2 Å². The molecule has 0 unspecified atom stereocenters. The molecule has 0 bridgehead atoms. The highest BCUT2D eigenvalue weighted by Crippen LogP contribution is 2.29. The van der Waals surface area contributed by atoms with Gasteiger partial charge >= 0.3 is 0 Å². The minimum atomic E-state index is -1.04. The number of methoxy groups -OCH3 is 1. The smallest absolute Gasteiger partial charge is 0.225 e.